The molecule has 0 N–H and O–H groups in total. The lowest BCUT2D eigenvalue weighted by Gasteiger charge is -2.09. The highest BCUT2D eigenvalue weighted by Gasteiger charge is 2.11. The van der Waals surface area contributed by atoms with Gasteiger partial charge in [0.05, 0.1) is 12.9 Å². The number of benzene rings is 1. The fourth-order valence-corrected chi connectivity index (χ4v) is 1.60. The van der Waals surface area contributed by atoms with Crippen LogP contribution in [0.3, 0.4) is 0 Å². The second-order valence-corrected chi connectivity index (χ2v) is 3.87. The zero-order valence-electron chi connectivity index (χ0n) is 8.45. The summed E-state index contributed by atoms with van der Waals surface area (Å²) in [4.78, 5) is 14.7. The van der Waals surface area contributed by atoms with Gasteiger partial charge in [-0.25, -0.2) is 4.98 Å². The molecule has 16 heavy (non-hydrogen) atoms. The van der Waals surface area contributed by atoms with Crippen LogP contribution in [-0.4, -0.2) is 9.55 Å². The molecule has 0 aliphatic carbocycles. The summed E-state index contributed by atoms with van der Waals surface area (Å²) in [7, 11) is 0. The Morgan fingerprint density at radius 2 is 2.12 bits per heavy atom. The lowest BCUT2D eigenvalue weighted by molar-refractivity contribution is 0.575. The molecule has 1 heterocycles. The summed E-state index contributed by atoms with van der Waals surface area (Å²) in [5, 5.41) is 3.77. The van der Waals surface area contributed by atoms with Gasteiger partial charge in [-0.15, -0.1) is 0 Å². The summed E-state index contributed by atoms with van der Waals surface area (Å²) in [6, 6.07) is 6.72. The van der Waals surface area contributed by atoms with Crippen molar-refractivity contribution in [2.75, 3.05) is 0 Å². The molecule has 0 fully saturated rings. The minimum Gasteiger partial charge on any atom is -0.335 e. The van der Waals surface area contributed by atoms with Gasteiger partial charge in [-0.2, -0.15) is 4.91 Å². The maximum atomic E-state index is 10.8. The van der Waals surface area contributed by atoms with Gasteiger partial charge in [0.15, 0.2) is 0 Å². The van der Waals surface area contributed by atoms with E-state index in [1.54, 1.807) is 30.9 Å². The molecular formula is C11H10ClN3O. The van der Waals surface area contributed by atoms with Crippen LogP contribution in [-0.2, 0) is 6.54 Å². The van der Waals surface area contributed by atoms with E-state index in [0.29, 0.717) is 11.6 Å². The molecule has 0 radical (unpaired) electrons. The van der Waals surface area contributed by atoms with E-state index in [1.807, 2.05) is 16.7 Å². The summed E-state index contributed by atoms with van der Waals surface area (Å²) in [5.41, 5.74) is 0.855. The van der Waals surface area contributed by atoms with Crippen molar-refractivity contribution >= 4 is 11.6 Å². The lowest BCUT2D eigenvalue weighted by Crippen LogP contribution is -2.05. The standard InChI is InChI=1S/C11H10ClN3O/c12-10-3-1-9(2-4-10)11(14-16)7-15-6-5-13-8-15/h1-6,8,11H,7H2. The van der Waals surface area contributed by atoms with E-state index in [2.05, 4.69) is 10.2 Å². The van der Waals surface area contributed by atoms with Crippen molar-refractivity contribution < 1.29 is 0 Å². The number of halogens is 1. The highest BCUT2D eigenvalue weighted by Crippen LogP contribution is 2.21. The molecule has 0 spiro atoms. The number of hydrogen-bond acceptors (Lipinski definition) is 3. The SMILES string of the molecule is O=NC(Cn1ccnc1)c1ccc(Cl)cc1. The quantitative estimate of drug-likeness (QED) is 0.765. The van der Waals surface area contributed by atoms with Gasteiger partial charge < -0.3 is 4.57 Å². The van der Waals surface area contributed by atoms with E-state index in [4.69, 9.17) is 11.6 Å². The number of aromatic nitrogens is 2. The molecule has 0 aliphatic rings. The van der Waals surface area contributed by atoms with E-state index in [-0.39, 0.29) is 0 Å². The molecule has 0 amide bonds. The molecule has 1 atom stereocenters. The van der Waals surface area contributed by atoms with E-state index < -0.39 is 6.04 Å². The topological polar surface area (TPSA) is 47.2 Å². The first-order valence-corrected chi connectivity index (χ1v) is 5.21. The molecule has 2 rings (SSSR count). The molecule has 1 unspecified atom stereocenters. The second-order valence-electron chi connectivity index (χ2n) is 3.43. The molecule has 5 heteroatoms. The van der Waals surface area contributed by atoms with E-state index in [1.165, 1.54) is 0 Å². The van der Waals surface area contributed by atoms with Crippen LogP contribution in [0.25, 0.3) is 0 Å². The largest absolute Gasteiger partial charge is 0.335 e. The predicted octanol–water partition coefficient (Wildman–Crippen LogP) is 3.04. The molecule has 82 valence electrons. The van der Waals surface area contributed by atoms with Gasteiger partial charge >= 0.3 is 0 Å². The zero-order chi connectivity index (χ0) is 11.4. The van der Waals surface area contributed by atoms with Crippen LogP contribution in [0.5, 0.6) is 0 Å². The van der Waals surface area contributed by atoms with Gasteiger partial charge in [0.25, 0.3) is 0 Å². The summed E-state index contributed by atoms with van der Waals surface area (Å²) in [5.74, 6) is 0. The third-order valence-electron chi connectivity index (χ3n) is 2.32. The molecule has 0 saturated heterocycles. The summed E-state index contributed by atoms with van der Waals surface area (Å²) in [6.45, 7) is 0.491. The van der Waals surface area contributed by atoms with Gasteiger partial charge in [0.1, 0.15) is 6.04 Å². The van der Waals surface area contributed by atoms with Crippen LogP contribution < -0.4 is 0 Å². The highest BCUT2D eigenvalue weighted by atomic mass is 35.5. The number of hydrogen-bond donors (Lipinski definition) is 0. The van der Waals surface area contributed by atoms with Gasteiger partial charge in [-0.1, -0.05) is 28.9 Å². The van der Waals surface area contributed by atoms with E-state index in [0.717, 1.165) is 5.56 Å². The Kier molecular flexibility index (Phi) is 3.31. The Morgan fingerprint density at radius 3 is 2.69 bits per heavy atom. The molecule has 0 saturated carbocycles. The smallest absolute Gasteiger partial charge is 0.135 e. The van der Waals surface area contributed by atoms with Gasteiger partial charge in [0, 0.05) is 17.4 Å². The van der Waals surface area contributed by atoms with Crippen molar-refractivity contribution in [1.82, 2.24) is 9.55 Å². The summed E-state index contributed by atoms with van der Waals surface area (Å²) >= 11 is 5.78. The average Bonchev–Trinajstić information content (AvgIpc) is 2.80. The predicted molar refractivity (Wildman–Crippen MR) is 62.2 cm³/mol. The summed E-state index contributed by atoms with van der Waals surface area (Å²) < 4.78 is 1.82. The molecule has 1 aromatic carbocycles. The van der Waals surface area contributed by atoms with Crippen LogP contribution in [0, 0.1) is 4.91 Å². The molecular weight excluding hydrogens is 226 g/mol. The Hall–Kier alpha value is -1.68. The Morgan fingerprint density at radius 1 is 1.38 bits per heavy atom. The van der Waals surface area contributed by atoms with Crippen molar-refractivity contribution in [2.24, 2.45) is 5.18 Å². The third-order valence-corrected chi connectivity index (χ3v) is 2.58. The Bertz CT molecular complexity index is 453. The molecule has 0 bridgehead atoms. The third kappa shape index (κ3) is 2.46. The van der Waals surface area contributed by atoms with E-state index in [9.17, 15) is 4.91 Å². The minimum absolute atomic E-state index is 0.411. The van der Waals surface area contributed by atoms with Crippen molar-refractivity contribution in [3.63, 3.8) is 0 Å². The summed E-state index contributed by atoms with van der Waals surface area (Å²) in [6.07, 6.45) is 5.13. The number of nitrogens with zero attached hydrogens (tertiary/aromatic N) is 3. The maximum Gasteiger partial charge on any atom is 0.135 e. The van der Waals surface area contributed by atoms with E-state index >= 15 is 0 Å². The van der Waals surface area contributed by atoms with Crippen molar-refractivity contribution in [3.05, 3.63) is 58.5 Å². The van der Waals surface area contributed by atoms with Crippen LogP contribution in [0.1, 0.15) is 11.6 Å². The first kappa shape index (κ1) is 10.8. The molecule has 0 aliphatic heterocycles. The fraction of sp³-hybridized carbons (Fsp3) is 0.182. The first-order chi connectivity index (χ1) is 7.79. The highest BCUT2D eigenvalue weighted by molar-refractivity contribution is 6.30. The first-order valence-electron chi connectivity index (χ1n) is 4.83. The average molecular weight is 236 g/mol. The van der Waals surface area contributed by atoms with Crippen molar-refractivity contribution in [2.45, 2.75) is 12.6 Å². The lowest BCUT2D eigenvalue weighted by atomic mass is 10.1. The monoisotopic (exact) mass is 235 g/mol. The molecule has 4 nitrogen and oxygen atoms in total. The minimum atomic E-state index is -0.411. The van der Waals surface area contributed by atoms with Crippen LogP contribution in [0.2, 0.25) is 5.02 Å². The second kappa shape index (κ2) is 4.90. The van der Waals surface area contributed by atoms with Crippen LogP contribution in [0.15, 0.2) is 48.2 Å². The number of imidazole rings is 1. The van der Waals surface area contributed by atoms with Gasteiger partial charge in [0.2, 0.25) is 0 Å². The van der Waals surface area contributed by atoms with Gasteiger partial charge in [-0.3, -0.25) is 0 Å². The zero-order valence-corrected chi connectivity index (χ0v) is 9.21. The molecule has 2 aromatic rings. The Labute approximate surface area is 97.9 Å². The normalized spacial score (nSPS) is 12.3. The van der Waals surface area contributed by atoms with Crippen molar-refractivity contribution in [1.29, 1.82) is 0 Å². The van der Waals surface area contributed by atoms with Gasteiger partial charge in [-0.05, 0) is 17.7 Å². The number of rotatable bonds is 4. The number of nitroso groups, excluding NO2 is 1. The van der Waals surface area contributed by atoms with Crippen molar-refractivity contribution in [3.8, 4) is 0 Å². The maximum absolute atomic E-state index is 10.8. The molecule has 1 aromatic heterocycles. The Balaban J connectivity index is 2.16. The van der Waals surface area contributed by atoms with Crippen LogP contribution in [0.4, 0.5) is 0 Å². The fourth-order valence-electron chi connectivity index (χ4n) is 1.48. The van der Waals surface area contributed by atoms with Crippen LogP contribution >= 0.6 is 11.6 Å².